The molecule has 0 bridgehead atoms. The van der Waals surface area contributed by atoms with Crippen LogP contribution in [0.15, 0.2) is 59.9 Å². The van der Waals surface area contributed by atoms with Crippen molar-refractivity contribution in [3.05, 3.63) is 65.5 Å². The van der Waals surface area contributed by atoms with Gasteiger partial charge < -0.3 is 19.4 Å². The minimum absolute atomic E-state index is 0.183. The van der Waals surface area contributed by atoms with E-state index in [2.05, 4.69) is 22.0 Å². The molecule has 4 rings (SSSR count). The number of anilines is 1. The Kier molecular flexibility index (Phi) is 13.0. The van der Waals surface area contributed by atoms with Gasteiger partial charge in [0.25, 0.3) is 0 Å². The van der Waals surface area contributed by atoms with Crippen molar-refractivity contribution >= 4 is 11.6 Å². The Morgan fingerprint density at radius 1 is 0.907 bits per heavy atom. The molecule has 0 saturated carbocycles. The summed E-state index contributed by atoms with van der Waals surface area (Å²) in [6, 6.07) is 5.62. The Labute approximate surface area is 255 Å². The van der Waals surface area contributed by atoms with Crippen LogP contribution in [0.25, 0.3) is 0 Å². The fourth-order valence-corrected chi connectivity index (χ4v) is 6.01. The van der Waals surface area contributed by atoms with Gasteiger partial charge in [-0.25, -0.2) is 0 Å². The van der Waals surface area contributed by atoms with Crippen molar-refractivity contribution in [3.63, 3.8) is 0 Å². The molecule has 2 fully saturated rings. The lowest BCUT2D eigenvalue weighted by Crippen LogP contribution is -2.46. The number of unbranched alkanes of at least 4 members (excludes halogenated alkanes) is 3. The van der Waals surface area contributed by atoms with Crippen LogP contribution in [-0.4, -0.2) is 93.2 Å². The number of likely N-dealkylation sites (N-methyl/N-ethyl adjacent to an activating group) is 1. The van der Waals surface area contributed by atoms with Crippen LogP contribution in [0.5, 0.6) is 0 Å². The largest absolute Gasteiger partial charge is 0.494 e. The number of piperazine rings is 1. The number of hydrogen-bond donors (Lipinski definition) is 0. The van der Waals surface area contributed by atoms with E-state index in [1.54, 1.807) is 6.07 Å². The summed E-state index contributed by atoms with van der Waals surface area (Å²) in [5.41, 5.74) is 1.26. The van der Waals surface area contributed by atoms with Gasteiger partial charge in [-0.05, 0) is 94.1 Å². The molecule has 9 heteroatoms. The van der Waals surface area contributed by atoms with Crippen LogP contribution < -0.4 is 4.90 Å². The van der Waals surface area contributed by atoms with E-state index in [9.17, 15) is 18.0 Å². The van der Waals surface area contributed by atoms with Gasteiger partial charge in [-0.15, -0.1) is 0 Å². The quantitative estimate of drug-likeness (QED) is 0.214. The zero-order chi connectivity index (χ0) is 30.5. The first kappa shape index (κ1) is 33.1. The molecule has 2 saturated heterocycles. The maximum atomic E-state index is 13.0. The fraction of sp³-hybridized carbons (Fsp3) is 0.618. The molecule has 0 radical (unpaired) electrons. The molecule has 0 unspecified atom stereocenters. The number of halogens is 3. The van der Waals surface area contributed by atoms with E-state index in [0.29, 0.717) is 18.7 Å². The number of ether oxygens (including phenoxy) is 1. The van der Waals surface area contributed by atoms with Crippen molar-refractivity contribution in [1.82, 2.24) is 14.7 Å². The lowest BCUT2D eigenvalue weighted by molar-refractivity contribution is -0.137. The topological polar surface area (TPSA) is 39.3 Å². The molecule has 1 amide bonds. The van der Waals surface area contributed by atoms with Crippen LogP contribution >= 0.6 is 0 Å². The summed E-state index contributed by atoms with van der Waals surface area (Å²) < 4.78 is 45.1. The smallest absolute Gasteiger partial charge is 0.416 e. The third kappa shape index (κ3) is 11.3. The molecular weight excluding hydrogens is 553 g/mol. The first-order chi connectivity index (χ1) is 20.8. The molecule has 6 nitrogen and oxygen atoms in total. The van der Waals surface area contributed by atoms with Crippen molar-refractivity contribution in [2.24, 2.45) is 0 Å². The molecule has 0 N–H and O–H groups in total. The van der Waals surface area contributed by atoms with Crippen LogP contribution in [-0.2, 0) is 15.7 Å². The summed E-state index contributed by atoms with van der Waals surface area (Å²) in [7, 11) is 1.89. The highest BCUT2D eigenvalue weighted by Gasteiger charge is 2.31. The molecule has 2 aliphatic heterocycles. The molecule has 1 aromatic rings. The van der Waals surface area contributed by atoms with Gasteiger partial charge in [-0.3, -0.25) is 9.69 Å². The number of likely N-dealkylation sites (tertiary alicyclic amines) is 1. The number of nitrogens with zero attached hydrogens (tertiary/aromatic N) is 4. The van der Waals surface area contributed by atoms with E-state index < -0.39 is 11.7 Å². The van der Waals surface area contributed by atoms with E-state index in [0.717, 1.165) is 96.2 Å². The van der Waals surface area contributed by atoms with Crippen LogP contribution in [0.3, 0.4) is 0 Å². The number of allylic oxidation sites excluding steroid dienone is 4. The minimum atomic E-state index is -4.31. The number of amides is 1. The molecule has 2 heterocycles. The van der Waals surface area contributed by atoms with E-state index in [-0.39, 0.29) is 5.91 Å². The van der Waals surface area contributed by atoms with Crippen molar-refractivity contribution in [1.29, 1.82) is 0 Å². The zero-order valence-corrected chi connectivity index (χ0v) is 25.8. The van der Waals surface area contributed by atoms with E-state index >= 15 is 0 Å². The molecule has 238 valence electrons. The summed E-state index contributed by atoms with van der Waals surface area (Å²) in [4.78, 5) is 21.5. The normalized spacial score (nSPS) is 18.4. The average molecular weight is 603 g/mol. The van der Waals surface area contributed by atoms with E-state index in [1.165, 1.54) is 43.6 Å². The molecule has 0 atom stereocenters. The van der Waals surface area contributed by atoms with Crippen molar-refractivity contribution in [2.45, 2.75) is 64.0 Å². The van der Waals surface area contributed by atoms with E-state index in [4.69, 9.17) is 4.74 Å². The average Bonchev–Trinajstić information content (AvgIpc) is 3.43. The van der Waals surface area contributed by atoms with Crippen LogP contribution in [0, 0.1) is 0 Å². The molecule has 1 aliphatic carbocycles. The second-order valence-corrected chi connectivity index (χ2v) is 12.0. The standard InChI is InChI=1S/C34H49F3N4O2/c1-38(28-29-11-8-14-32(17-16-29)43-26-10-21-39-19-6-7-20-39)33(42)15-4-2-3-5-18-40-22-24-41(25-23-40)31-13-9-12-30(27-31)34(35,36)37/h8-9,12-14,16-17,27H,2-7,10-11,15,18-26,28H2,1H3. The maximum absolute atomic E-state index is 13.0. The molecule has 1 aromatic carbocycles. The van der Waals surface area contributed by atoms with Crippen LogP contribution in [0.2, 0.25) is 0 Å². The van der Waals surface area contributed by atoms with Gasteiger partial charge in [-0.1, -0.05) is 31.1 Å². The maximum Gasteiger partial charge on any atom is 0.416 e. The molecule has 0 spiro atoms. The summed E-state index contributed by atoms with van der Waals surface area (Å²) in [5, 5.41) is 0. The van der Waals surface area contributed by atoms with Gasteiger partial charge in [0.2, 0.25) is 5.91 Å². The first-order valence-electron chi connectivity index (χ1n) is 16.1. The first-order valence-corrected chi connectivity index (χ1v) is 16.1. The van der Waals surface area contributed by atoms with Crippen molar-refractivity contribution in [3.8, 4) is 0 Å². The lowest BCUT2D eigenvalue weighted by Gasteiger charge is -2.36. The number of hydrogen-bond acceptors (Lipinski definition) is 5. The highest BCUT2D eigenvalue weighted by atomic mass is 19.4. The van der Waals surface area contributed by atoms with Crippen molar-refractivity contribution in [2.75, 3.05) is 77.5 Å². The predicted molar refractivity (Wildman–Crippen MR) is 167 cm³/mol. The second-order valence-electron chi connectivity index (χ2n) is 12.0. The third-order valence-electron chi connectivity index (χ3n) is 8.62. The van der Waals surface area contributed by atoms with E-state index in [1.807, 2.05) is 29.0 Å². The zero-order valence-electron chi connectivity index (χ0n) is 25.8. The second kappa shape index (κ2) is 16.9. The lowest BCUT2D eigenvalue weighted by atomic mass is 10.1. The Morgan fingerprint density at radius 2 is 1.63 bits per heavy atom. The number of benzene rings is 1. The summed E-state index contributed by atoms with van der Waals surface area (Å²) in [6.07, 6.45) is 13.1. The summed E-state index contributed by atoms with van der Waals surface area (Å²) in [6.45, 7) is 9.08. The predicted octanol–water partition coefficient (Wildman–Crippen LogP) is 6.51. The highest BCUT2D eigenvalue weighted by molar-refractivity contribution is 5.76. The van der Waals surface area contributed by atoms with Gasteiger partial charge in [0.05, 0.1) is 12.2 Å². The number of rotatable bonds is 15. The van der Waals surface area contributed by atoms with Gasteiger partial charge >= 0.3 is 6.18 Å². The number of carbonyl (C=O) groups is 1. The fourth-order valence-electron chi connectivity index (χ4n) is 6.01. The van der Waals surface area contributed by atoms with Crippen LogP contribution in [0.1, 0.15) is 63.4 Å². The van der Waals surface area contributed by atoms with Gasteiger partial charge in [0, 0.05) is 58.4 Å². The SMILES string of the molecule is CN(CC1=CC=C(OCCCN2CCCC2)C=CC1)C(=O)CCCCCCN1CCN(c2cccc(C(F)(F)F)c2)CC1. The molecule has 0 aromatic heterocycles. The van der Waals surface area contributed by atoms with Gasteiger partial charge in [0.1, 0.15) is 5.76 Å². The molecule has 3 aliphatic rings. The number of alkyl halides is 3. The Hall–Kier alpha value is -2.78. The minimum Gasteiger partial charge on any atom is -0.494 e. The van der Waals surface area contributed by atoms with Crippen LogP contribution in [0.4, 0.5) is 18.9 Å². The summed E-state index contributed by atoms with van der Waals surface area (Å²) in [5.74, 6) is 1.07. The Morgan fingerprint density at radius 3 is 2.40 bits per heavy atom. The molecular formula is C34H49F3N4O2. The molecule has 43 heavy (non-hydrogen) atoms. The monoisotopic (exact) mass is 602 g/mol. The van der Waals surface area contributed by atoms with Gasteiger partial charge in [0.15, 0.2) is 0 Å². The van der Waals surface area contributed by atoms with Gasteiger partial charge in [-0.2, -0.15) is 13.2 Å². The third-order valence-corrected chi connectivity index (χ3v) is 8.62. The Balaban J connectivity index is 1.04. The highest BCUT2D eigenvalue weighted by Crippen LogP contribution is 2.32. The number of carbonyl (C=O) groups excluding carboxylic acids is 1. The van der Waals surface area contributed by atoms with Crippen molar-refractivity contribution < 1.29 is 22.7 Å². The Bertz CT molecular complexity index is 1100. The summed E-state index contributed by atoms with van der Waals surface area (Å²) >= 11 is 0.